The largest absolute Gasteiger partial charge is 1.00 e. The summed E-state index contributed by atoms with van der Waals surface area (Å²) in [7, 11) is 0. The van der Waals surface area contributed by atoms with Gasteiger partial charge in [-0.1, -0.05) is 0 Å². The van der Waals surface area contributed by atoms with Crippen LogP contribution in [0.25, 0.3) is 0 Å². The Balaban J connectivity index is 0.000000845. The average molecular weight is 200 g/mol. The summed E-state index contributed by atoms with van der Waals surface area (Å²) in [5, 5.41) is 2.44. The number of nitrogens with two attached hydrogens (primary N) is 1. The number of hydrogen-bond donors (Lipinski definition) is 1. The minimum Gasteiger partial charge on any atom is -1.00 e. The summed E-state index contributed by atoms with van der Waals surface area (Å²) in [4.78, 5) is 0. The van der Waals surface area contributed by atoms with Gasteiger partial charge in [0.2, 0.25) is 0 Å². The number of quaternary nitrogens is 1. The first kappa shape index (κ1) is 10.9. The van der Waals surface area contributed by atoms with Gasteiger partial charge in [-0.3, -0.25) is 0 Å². The maximum atomic E-state index is 5.30. The van der Waals surface area contributed by atoms with Gasteiger partial charge in [-0.15, -0.1) is 12.3 Å². The van der Waals surface area contributed by atoms with Crippen LogP contribution in [0.15, 0.2) is 0 Å². The SMILES string of the molecule is C#CCC1CC2(CC[NH2+]CC2)C1.[Cl-]. The van der Waals surface area contributed by atoms with Crippen molar-refractivity contribution in [3.05, 3.63) is 0 Å². The van der Waals surface area contributed by atoms with E-state index in [1.807, 2.05) is 0 Å². The van der Waals surface area contributed by atoms with E-state index in [-0.39, 0.29) is 12.4 Å². The van der Waals surface area contributed by atoms with Crippen molar-refractivity contribution in [2.45, 2.75) is 32.1 Å². The van der Waals surface area contributed by atoms with Crippen molar-refractivity contribution in [2.75, 3.05) is 13.1 Å². The van der Waals surface area contributed by atoms with E-state index in [1.165, 1.54) is 38.8 Å². The predicted octanol–water partition coefficient (Wildman–Crippen LogP) is -2.23. The Bertz CT molecular complexity index is 193. The molecule has 0 unspecified atom stereocenters. The van der Waals surface area contributed by atoms with Crippen LogP contribution in [0.2, 0.25) is 0 Å². The first-order valence-electron chi connectivity index (χ1n) is 5.10. The maximum Gasteiger partial charge on any atom is 0.0760 e. The lowest BCUT2D eigenvalue weighted by Crippen LogP contribution is -3.00. The van der Waals surface area contributed by atoms with Crippen molar-refractivity contribution in [2.24, 2.45) is 11.3 Å². The molecule has 0 atom stereocenters. The third kappa shape index (κ3) is 2.18. The molecule has 0 aromatic heterocycles. The topological polar surface area (TPSA) is 16.6 Å². The Morgan fingerprint density at radius 1 is 1.31 bits per heavy atom. The highest BCUT2D eigenvalue weighted by atomic mass is 35.5. The predicted molar refractivity (Wildman–Crippen MR) is 49.5 cm³/mol. The molecular formula is C11H18ClN. The summed E-state index contributed by atoms with van der Waals surface area (Å²) in [6.45, 7) is 2.70. The van der Waals surface area contributed by atoms with Crippen LogP contribution in [-0.4, -0.2) is 13.1 Å². The second-order valence-corrected chi connectivity index (χ2v) is 4.55. The smallest absolute Gasteiger partial charge is 0.0760 e. The molecule has 1 aliphatic heterocycles. The van der Waals surface area contributed by atoms with Crippen LogP contribution in [0.1, 0.15) is 32.1 Å². The highest BCUT2D eigenvalue weighted by Crippen LogP contribution is 2.51. The molecule has 2 rings (SSSR count). The summed E-state index contributed by atoms with van der Waals surface area (Å²) >= 11 is 0. The quantitative estimate of drug-likeness (QED) is 0.461. The molecule has 1 saturated carbocycles. The fourth-order valence-corrected chi connectivity index (χ4v) is 2.97. The molecule has 0 aromatic rings. The van der Waals surface area contributed by atoms with E-state index in [4.69, 9.17) is 6.42 Å². The molecular weight excluding hydrogens is 182 g/mol. The highest BCUT2D eigenvalue weighted by Gasteiger charge is 2.44. The molecule has 0 radical (unpaired) electrons. The molecule has 2 fully saturated rings. The summed E-state index contributed by atoms with van der Waals surface area (Å²) in [6, 6.07) is 0. The fraction of sp³-hybridized carbons (Fsp3) is 0.818. The summed E-state index contributed by atoms with van der Waals surface area (Å²) < 4.78 is 0. The van der Waals surface area contributed by atoms with Crippen LogP contribution in [0.5, 0.6) is 0 Å². The van der Waals surface area contributed by atoms with Crippen molar-refractivity contribution in [1.82, 2.24) is 0 Å². The Kier molecular flexibility index (Phi) is 3.64. The summed E-state index contributed by atoms with van der Waals surface area (Å²) in [5.41, 5.74) is 0.746. The van der Waals surface area contributed by atoms with Crippen molar-refractivity contribution >= 4 is 0 Å². The maximum absolute atomic E-state index is 5.30. The van der Waals surface area contributed by atoms with Gasteiger partial charge in [0.1, 0.15) is 0 Å². The monoisotopic (exact) mass is 199 g/mol. The van der Waals surface area contributed by atoms with Gasteiger partial charge in [-0.05, 0) is 24.2 Å². The van der Waals surface area contributed by atoms with Crippen molar-refractivity contribution in [3.63, 3.8) is 0 Å². The second-order valence-electron chi connectivity index (χ2n) is 4.55. The zero-order chi connectivity index (χ0) is 8.44. The number of rotatable bonds is 1. The van der Waals surface area contributed by atoms with Gasteiger partial charge in [0.15, 0.2) is 0 Å². The zero-order valence-electron chi connectivity index (χ0n) is 8.06. The lowest BCUT2D eigenvalue weighted by molar-refractivity contribution is -0.669. The van der Waals surface area contributed by atoms with E-state index in [2.05, 4.69) is 11.2 Å². The van der Waals surface area contributed by atoms with Crippen molar-refractivity contribution in [1.29, 1.82) is 0 Å². The molecule has 0 amide bonds. The molecule has 74 valence electrons. The first-order chi connectivity index (χ1) is 5.85. The zero-order valence-corrected chi connectivity index (χ0v) is 8.82. The lowest BCUT2D eigenvalue weighted by Gasteiger charge is -2.48. The van der Waals surface area contributed by atoms with Gasteiger partial charge < -0.3 is 17.7 Å². The Morgan fingerprint density at radius 2 is 1.92 bits per heavy atom. The van der Waals surface area contributed by atoms with E-state index in [0.717, 1.165) is 17.8 Å². The normalized spacial score (nSPS) is 25.8. The van der Waals surface area contributed by atoms with Crippen LogP contribution in [-0.2, 0) is 0 Å². The van der Waals surface area contributed by atoms with Crippen LogP contribution < -0.4 is 17.7 Å². The van der Waals surface area contributed by atoms with Crippen molar-refractivity contribution in [3.8, 4) is 12.3 Å². The van der Waals surface area contributed by atoms with E-state index in [9.17, 15) is 0 Å². The molecule has 2 heteroatoms. The van der Waals surface area contributed by atoms with Gasteiger partial charge in [-0.25, -0.2) is 0 Å². The molecule has 1 saturated heterocycles. The number of terminal acetylenes is 1. The van der Waals surface area contributed by atoms with Gasteiger partial charge in [0.05, 0.1) is 13.1 Å². The molecule has 2 aliphatic rings. The van der Waals surface area contributed by atoms with Gasteiger partial charge in [0.25, 0.3) is 0 Å². The highest BCUT2D eigenvalue weighted by molar-refractivity contribution is 4.99. The molecule has 1 nitrogen and oxygen atoms in total. The van der Waals surface area contributed by atoms with Gasteiger partial charge >= 0.3 is 0 Å². The van der Waals surface area contributed by atoms with Crippen LogP contribution in [0.3, 0.4) is 0 Å². The third-order valence-corrected chi connectivity index (χ3v) is 3.61. The summed E-state index contributed by atoms with van der Waals surface area (Å²) in [5.74, 6) is 3.65. The molecule has 1 aliphatic carbocycles. The Labute approximate surface area is 87.1 Å². The van der Waals surface area contributed by atoms with E-state index >= 15 is 0 Å². The minimum atomic E-state index is 0. The third-order valence-electron chi connectivity index (χ3n) is 3.61. The molecule has 1 heterocycles. The molecule has 0 bridgehead atoms. The minimum absolute atomic E-state index is 0. The fourth-order valence-electron chi connectivity index (χ4n) is 2.97. The average Bonchev–Trinajstić information content (AvgIpc) is 2.04. The van der Waals surface area contributed by atoms with Gasteiger partial charge in [-0.2, -0.15) is 0 Å². The van der Waals surface area contributed by atoms with Crippen LogP contribution >= 0.6 is 0 Å². The molecule has 2 N–H and O–H groups in total. The molecule has 1 spiro atoms. The Hall–Kier alpha value is -0.190. The van der Waals surface area contributed by atoms with Crippen molar-refractivity contribution < 1.29 is 17.7 Å². The van der Waals surface area contributed by atoms with E-state index in [0.29, 0.717) is 0 Å². The number of piperidine rings is 1. The number of halogens is 1. The van der Waals surface area contributed by atoms with Crippen LogP contribution in [0, 0.1) is 23.7 Å². The van der Waals surface area contributed by atoms with E-state index in [1.54, 1.807) is 0 Å². The van der Waals surface area contributed by atoms with Gasteiger partial charge in [0, 0.05) is 19.3 Å². The molecule has 0 aromatic carbocycles. The summed E-state index contributed by atoms with van der Waals surface area (Å²) in [6.07, 6.45) is 12.0. The standard InChI is InChI=1S/C11H17N.ClH/c1-2-3-10-8-11(9-10)4-6-12-7-5-11;/h1,10,12H,3-9H2;1H. The number of hydrogen-bond acceptors (Lipinski definition) is 0. The Morgan fingerprint density at radius 3 is 2.46 bits per heavy atom. The van der Waals surface area contributed by atoms with Crippen LogP contribution in [0.4, 0.5) is 0 Å². The second kappa shape index (κ2) is 4.35. The molecule has 13 heavy (non-hydrogen) atoms. The lowest BCUT2D eigenvalue weighted by atomic mass is 9.57. The van der Waals surface area contributed by atoms with E-state index < -0.39 is 0 Å². The first-order valence-corrected chi connectivity index (χ1v) is 5.10.